The van der Waals surface area contributed by atoms with Crippen molar-refractivity contribution in [1.82, 2.24) is 0 Å². The molecule has 4 nitrogen and oxygen atoms in total. The SMILES string of the molecule is CCO[Si](C)(OCC)OC(=O)CC(S)(S)CC. The van der Waals surface area contributed by atoms with Gasteiger partial charge in [-0.25, -0.2) is 0 Å². The molecule has 0 aliphatic heterocycles. The molecule has 0 aromatic heterocycles. The van der Waals surface area contributed by atoms with E-state index in [4.69, 9.17) is 13.3 Å². The third-order valence-electron chi connectivity index (χ3n) is 2.11. The Morgan fingerprint density at radius 3 is 2.00 bits per heavy atom. The van der Waals surface area contributed by atoms with Gasteiger partial charge in [-0.1, -0.05) is 6.92 Å². The molecule has 0 unspecified atom stereocenters. The van der Waals surface area contributed by atoms with Crippen LogP contribution in [-0.2, 0) is 18.1 Å². The molecular weight excluding hydrogens is 276 g/mol. The molecule has 0 radical (unpaired) electrons. The van der Waals surface area contributed by atoms with E-state index in [0.29, 0.717) is 19.6 Å². The topological polar surface area (TPSA) is 44.8 Å². The highest BCUT2D eigenvalue weighted by Crippen LogP contribution is 2.28. The van der Waals surface area contributed by atoms with Crippen molar-refractivity contribution < 1.29 is 18.1 Å². The van der Waals surface area contributed by atoms with Crippen LogP contribution >= 0.6 is 25.3 Å². The summed E-state index contributed by atoms with van der Waals surface area (Å²) >= 11 is 8.55. The molecule has 0 rings (SSSR count). The van der Waals surface area contributed by atoms with Gasteiger partial charge in [-0.3, -0.25) is 4.79 Å². The predicted octanol–water partition coefficient (Wildman–Crippen LogP) is 2.53. The van der Waals surface area contributed by atoms with E-state index in [-0.39, 0.29) is 12.4 Å². The fourth-order valence-corrected chi connectivity index (χ4v) is 3.22. The van der Waals surface area contributed by atoms with Crippen molar-refractivity contribution >= 4 is 40.0 Å². The predicted molar refractivity (Wildman–Crippen MR) is 76.6 cm³/mol. The van der Waals surface area contributed by atoms with Gasteiger partial charge in [-0.15, -0.1) is 0 Å². The lowest BCUT2D eigenvalue weighted by molar-refractivity contribution is -0.139. The van der Waals surface area contributed by atoms with Gasteiger partial charge in [-0.05, 0) is 20.3 Å². The van der Waals surface area contributed by atoms with Crippen LogP contribution in [0.5, 0.6) is 0 Å². The van der Waals surface area contributed by atoms with Crippen molar-refractivity contribution in [3.63, 3.8) is 0 Å². The second kappa shape index (κ2) is 7.68. The monoisotopic (exact) mass is 298 g/mol. The molecule has 0 aromatic carbocycles. The van der Waals surface area contributed by atoms with Crippen LogP contribution < -0.4 is 0 Å². The smallest absolute Gasteiger partial charge is 0.473 e. The molecule has 0 saturated carbocycles. The van der Waals surface area contributed by atoms with E-state index in [2.05, 4.69) is 25.3 Å². The minimum atomic E-state index is -2.84. The third kappa shape index (κ3) is 7.35. The third-order valence-corrected chi connectivity index (χ3v) is 5.28. The van der Waals surface area contributed by atoms with Crippen LogP contribution in [0.4, 0.5) is 0 Å². The summed E-state index contributed by atoms with van der Waals surface area (Å²) in [5.74, 6) is -0.382. The Bertz CT molecular complexity index is 242. The molecule has 0 fully saturated rings. The van der Waals surface area contributed by atoms with E-state index in [1.165, 1.54) is 0 Å². The summed E-state index contributed by atoms with van der Waals surface area (Å²) < 4.78 is 15.5. The molecule has 0 saturated heterocycles. The fraction of sp³-hybridized carbons (Fsp3) is 0.900. The zero-order chi connectivity index (χ0) is 13.5. The summed E-state index contributed by atoms with van der Waals surface area (Å²) in [5.41, 5.74) is 0. The first-order chi connectivity index (χ1) is 7.78. The molecule has 0 aliphatic carbocycles. The Labute approximate surface area is 116 Å². The van der Waals surface area contributed by atoms with Crippen molar-refractivity contribution in [3.8, 4) is 0 Å². The maximum absolute atomic E-state index is 11.7. The van der Waals surface area contributed by atoms with Gasteiger partial charge in [0.15, 0.2) is 0 Å². The quantitative estimate of drug-likeness (QED) is 0.411. The van der Waals surface area contributed by atoms with E-state index >= 15 is 0 Å². The number of hydrogen-bond donors (Lipinski definition) is 2. The second-order valence-electron chi connectivity index (χ2n) is 3.72. The van der Waals surface area contributed by atoms with Crippen molar-refractivity contribution in [2.24, 2.45) is 0 Å². The van der Waals surface area contributed by atoms with E-state index in [0.717, 1.165) is 0 Å². The zero-order valence-electron chi connectivity index (χ0n) is 10.9. The lowest BCUT2D eigenvalue weighted by atomic mass is 10.2. The molecule has 0 atom stereocenters. The van der Waals surface area contributed by atoms with Gasteiger partial charge in [0.1, 0.15) is 0 Å². The van der Waals surface area contributed by atoms with Crippen molar-refractivity contribution in [3.05, 3.63) is 0 Å². The molecule has 102 valence electrons. The summed E-state index contributed by atoms with van der Waals surface area (Å²) in [7, 11) is -2.84. The number of carbonyl (C=O) groups excluding carboxylic acids is 1. The average molecular weight is 299 g/mol. The van der Waals surface area contributed by atoms with Crippen molar-refractivity contribution in [2.45, 2.75) is 44.2 Å². The van der Waals surface area contributed by atoms with Gasteiger partial charge in [-0.2, -0.15) is 25.3 Å². The maximum atomic E-state index is 11.7. The van der Waals surface area contributed by atoms with Gasteiger partial charge in [0.05, 0.1) is 10.5 Å². The number of carbonyl (C=O) groups is 1. The largest absolute Gasteiger partial charge is 0.564 e. The van der Waals surface area contributed by atoms with Crippen LogP contribution in [0, 0.1) is 0 Å². The van der Waals surface area contributed by atoms with Crippen LogP contribution in [0.1, 0.15) is 33.6 Å². The van der Waals surface area contributed by atoms with E-state index in [1.807, 2.05) is 20.8 Å². The first-order valence-corrected chi connectivity index (χ1v) is 8.85. The van der Waals surface area contributed by atoms with Gasteiger partial charge >= 0.3 is 8.80 Å². The van der Waals surface area contributed by atoms with Crippen molar-refractivity contribution in [1.29, 1.82) is 0 Å². The number of thiol groups is 2. The molecule has 17 heavy (non-hydrogen) atoms. The highest BCUT2D eigenvalue weighted by molar-refractivity contribution is 8.00. The first kappa shape index (κ1) is 17.3. The van der Waals surface area contributed by atoms with Gasteiger partial charge in [0, 0.05) is 19.8 Å². The summed E-state index contributed by atoms with van der Waals surface area (Å²) in [6.07, 6.45) is 0.786. The average Bonchev–Trinajstić information content (AvgIpc) is 2.16. The number of rotatable bonds is 8. The molecule has 0 heterocycles. The molecule has 0 aliphatic rings. The summed E-state index contributed by atoms with van der Waals surface area (Å²) in [4.78, 5) is 11.7. The highest BCUT2D eigenvalue weighted by Gasteiger charge is 2.39. The van der Waals surface area contributed by atoms with Gasteiger partial charge in [0.25, 0.3) is 5.97 Å². The Hall–Kier alpha value is 0.307. The maximum Gasteiger partial charge on any atom is 0.564 e. The van der Waals surface area contributed by atoms with Crippen LogP contribution in [0.25, 0.3) is 0 Å². The van der Waals surface area contributed by atoms with Crippen LogP contribution in [-0.4, -0.2) is 32.1 Å². The Morgan fingerprint density at radius 1 is 1.18 bits per heavy atom. The Balaban J connectivity index is 4.41. The molecule has 0 N–H and O–H groups in total. The van der Waals surface area contributed by atoms with Crippen molar-refractivity contribution in [2.75, 3.05) is 13.2 Å². The van der Waals surface area contributed by atoms with Crippen LogP contribution in [0.2, 0.25) is 6.55 Å². The standard InChI is InChI=1S/C10H22O4S2Si/c1-5-10(15,16)8-9(11)14-17(4,12-6-2)13-7-3/h15-16H,5-8H2,1-4H3. The number of hydrogen-bond acceptors (Lipinski definition) is 6. The molecule has 0 aromatic rings. The van der Waals surface area contributed by atoms with Gasteiger partial charge < -0.3 is 13.3 Å². The highest BCUT2D eigenvalue weighted by atomic mass is 32.2. The summed E-state index contributed by atoms with van der Waals surface area (Å²) in [6, 6.07) is 0. The molecular formula is C10H22O4S2Si. The minimum absolute atomic E-state index is 0.123. The van der Waals surface area contributed by atoms with Crippen LogP contribution in [0.3, 0.4) is 0 Å². The fourth-order valence-electron chi connectivity index (χ4n) is 1.22. The van der Waals surface area contributed by atoms with E-state index in [1.54, 1.807) is 6.55 Å². The van der Waals surface area contributed by atoms with Gasteiger partial charge in [0.2, 0.25) is 0 Å². The molecule has 0 spiro atoms. The lowest BCUT2D eigenvalue weighted by Crippen LogP contribution is -2.45. The lowest BCUT2D eigenvalue weighted by Gasteiger charge is -2.26. The Kier molecular flexibility index (Phi) is 7.82. The van der Waals surface area contributed by atoms with E-state index < -0.39 is 12.9 Å². The molecule has 0 bridgehead atoms. The van der Waals surface area contributed by atoms with E-state index in [9.17, 15) is 4.79 Å². The summed E-state index contributed by atoms with van der Waals surface area (Å²) in [5, 5.41) is 0. The Morgan fingerprint density at radius 2 is 1.65 bits per heavy atom. The molecule has 0 amide bonds. The normalized spacial score (nSPS) is 12.6. The van der Waals surface area contributed by atoms with Crippen LogP contribution in [0.15, 0.2) is 0 Å². The summed E-state index contributed by atoms with van der Waals surface area (Å²) in [6.45, 7) is 8.21. The second-order valence-corrected chi connectivity index (χ2v) is 8.29. The minimum Gasteiger partial charge on any atom is -0.473 e. The zero-order valence-corrected chi connectivity index (χ0v) is 13.6. The molecule has 7 heteroatoms. The first-order valence-electron chi connectivity index (χ1n) is 5.73.